The van der Waals surface area contributed by atoms with Crippen molar-refractivity contribution in [1.82, 2.24) is 15.0 Å². The van der Waals surface area contributed by atoms with Crippen LogP contribution in [0.4, 0.5) is 5.69 Å². The van der Waals surface area contributed by atoms with Gasteiger partial charge in [-0.1, -0.05) is 23.4 Å². The maximum atomic E-state index is 12.1. The summed E-state index contributed by atoms with van der Waals surface area (Å²) >= 11 is 10.7. The van der Waals surface area contributed by atoms with E-state index in [1.807, 2.05) is 26.0 Å². The van der Waals surface area contributed by atoms with Crippen LogP contribution in [0.1, 0.15) is 11.3 Å². The van der Waals surface area contributed by atoms with Gasteiger partial charge in [-0.05, 0) is 59.6 Å². The fourth-order valence-electron chi connectivity index (χ4n) is 2.14. The van der Waals surface area contributed by atoms with E-state index in [1.54, 1.807) is 12.1 Å². The van der Waals surface area contributed by atoms with Gasteiger partial charge >= 0.3 is 0 Å². The van der Waals surface area contributed by atoms with Gasteiger partial charge in [0.25, 0.3) is 0 Å². The summed E-state index contributed by atoms with van der Waals surface area (Å²) in [5.41, 5.74) is 4.04. The largest absolute Gasteiger partial charge is 0.331 e. The maximum absolute atomic E-state index is 12.1. The molecule has 1 aromatic carbocycles. The Kier molecular flexibility index (Phi) is 5.12. The second-order valence-electron chi connectivity index (χ2n) is 5.26. The first-order valence-electron chi connectivity index (χ1n) is 7.14. The zero-order valence-corrected chi connectivity index (χ0v) is 16.1. The third-order valence-corrected chi connectivity index (χ3v) is 5.29. The normalized spacial score (nSPS) is 11.0. The molecular formula is C16H14BrClN4OS. The van der Waals surface area contributed by atoms with Gasteiger partial charge in [0.2, 0.25) is 5.91 Å². The summed E-state index contributed by atoms with van der Waals surface area (Å²) in [6, 6.07) is 7.30. The van der Waals surface area contributed by atoms with Crippen molar-refractivity contribution < 1.29 is 4.79 Å². The van der Waals surface area contributed by atoms with E-state index in [0.29, 0.717) is 15.8 Å². The number of benzene rings is 1. The molecular weight excluding hydrogens is 412 g/mol. The summed E-state index contributed by atoms with van der Waals surface area (Å²) in [6.45, 7) is 3.81. The number of aromatic amines is 1. The Morgan fingerprint density at radius 2 is 2.12 bits per heavy atom. The fourth-order valence-corrected chi connectivity index (χ4v) is 3.36. The number of aryl methyl sites for hydroxylation is 2. The summed E-state index contributed by atoms with van der Waals surface area (Å²) < 4.78 is 0.922. The number of hydrogen-bond donors (Lipinski definition) is 2. The van der Waals surface area contributed by atoms with Gasteiger partial charge < -0.3 is 10.3 Å². The number of nitrogens with zero attached hydrogens (tertiary/aromatic N) is 2. The molecule has 2 N–H and O–H groups in total. The van der Waals surface area contributed by atoms with E-state index in [2.05, 4.69) is 36.2 Å². The number of aromatic nitrogens is 3. The standard InChI is InChI=1S/C16H14BrClN4OS/c1-8-5-10(18)3-4-12(8)20-14(23)7-24-16-21-13-6-11(17)9(2)19-15(13)22-16/h3-6H,7H2,1-2H3,(H,20,23)(H,19,21,22). The summed E-state index contributed by atoms with van der Waals surface area (Å²) in [6.07, 6.45) is 0. The fraction of sp³-hybridized carbons (Fsp3) is 0.188. The molecule has 0 saturated carbocycles. The molecule has 2 heterocycles. The molecule has 24 heavy (non-hydrogen) atoms. The highest BCUT2D eigenvalue weighted by molar-refractivity contribution is 9.10. The van der Waals surface area contributed by atoms with Crippen molar-refractivity contribution in [3.63, 3.8) is 0 Å². The lowest BCUT2D eigenvalue weighted by Gasteiger charge is -2.07. The Morgan fingerprint density at radius 3 is 2.88 bits per heavy atom. The van der Waals surface area contributed by atoms with Crippen LogP contribution in [0, 0.1) is 13.8 Å². The van der Waals surface area contributed by atoms with Crippen LogP contribution in [0.3, 0.4) is 0 Å². The molecule has 0 bridgehead atoms. The third kappa shape index (κ3) is 3.91. The molecule has 0 spiro atoms. The molecule has 0 saturated heterocycles. The van der Waals surface area contributed by atoms with E-state index in [0.717, 1.165) is 26.9 Å². The summed E-state index contributed by atoms with van der Waals surface area (Å²) in [5, 5.41) is 4.19. The number of thioether (sulfide) groups is 1. The van der Waals surface area contributed by atoms with Gasteiger partial charge in [0.1, 0.15) is 0 Å². The summed E-state index contributed by atoms with van der Waals surface area (Å²) in [4.78, 5) is 24.1. The number of pyridine rings is 1. The highest BCUT2D eigenvalue weighted by Gasteiger charge is 2.10. The number of nitrogens with one attached hydrogen (secondary N) is 2. The lowest BCUT2D eigenvalue weighted by molar-refractivity contribution is -0.113. The van der Waals surface area contributed by atoms with Crippen molar-refractivity contribution in [2.75, 3.05) is 11.1 Å². The molecule has 2 aromatic heterocycles. The first-order chi connectivity index (χ1) is 11.4. The maximum Gasteiger partial charge on any atom is 0.234 e. The monoisotopic (exact) mass is 424 g/mol. The second kappa shape index (κ2) is 7.13. The Hall–Kier alpha value is -1.57. The minimum Gasteiger partial charge on any atom is -0.331 e. The highest BCUT2D eigenvalue weighted by Crippen LogP contribution is 2.24. The van der Waals surface area contributed by atoms with Crippen LogP contribution in [-0.2, 0) is 4.79 Å². The topological polar surface area (TPSA) is 70.7 Å². The van der Waals surface area contributed by atoms with E-state index >= 15 is 0 Å². The average Bonchev–Trinajstić information content (AvgIpc) is 2.90. The van der Waals surface area contributed by atoms with Crippen molar-refractivity contribution in [1.29, 1.82) is 0 Å². The molecule has 8 heteroatoms. The minimum absolute atomic E-state index is 0.101. The molecule has 0 atom stereocenters. The van der Waals surface area contributed by atoms with Crippen molar-refractivity contribution in [3.8, 4) is 0 Å². The van der Waals surface area contributed by atoms with Crippen LogP contribution < -0.4 is 5.32 Å². The number of halogens is 2. The Bertz CT molecular complexity index is 889. The summed E-state index contributed by atoms with van der Waals surface area (Å²) in [5.74, 6) is 0.151. The zero-order chi connectivity index (χ0) is 17.3. The first kappa shape index (κ1) is 17.3. The van der Waals surface area contributed by atoms with E-state index in [9.17, 15) is 4.79 Å². The van der Waals surface area contributed by atoms with Crippen LogP contribution in [0.5, 0.6) is 0 Å². The Balaban J connectivity index is 1.65. The number of amides is 1. The molecule has 0 fully saturated rings. The molecule has 0 radical (unpaired) electrons. The predicted octanol–water partition coefficient (Wildman–Crippen LogP) is 4.72. The van der Waals surface area contributed by atoms with Crippen LogP contribution in [0.2, 0.25) is 5.02 Å². The van der Waals surface area contributed by atoms with Crippen LogP contribution in [0.25, 0.3) is 11.2 Å². The van der Waals surface area contributed by atoms with Gasteiger partial charge in [0.05, 0.1) is 17.0 Å². The molecule has 0 aliphatic carbocycles. The van der Waals surface area contributed by atoms with Gasteiger partial charge in [-0.3, -0.25) is 4.79 Å². The van der Waals surface area contributed by atoms with Gasteiger partial charge in [-0.2, -0.15) is 0 Å². The van der Waals surface area contributed by atoms with Crippen molar-refractivity contribution >= 4 is 62.1 Å². The number of carbonyl (C=O) groups is 1. The number of rotatable bonds is 4. The van der Waals surface area contributed by atoms with Crippen molar-refractivity contribution in [2.24, 2.45) is 0 Å². The average molecular weight is 426 g/mol. The quantitative estimate of drug-likeness (QED) is 0.593. The van der Waals surface area contributed by atoms with Crippen LogP contribution in [0.15, 0.2) is 33.9 Å². The lowest BCUT2D eigenvalue weighted by Crippen LogP contribution is -2.14. The molecule has 3 rings (SSSR count). The third-order valence-electron chi connectivity index (χ3n) is 3.38. The van der Waals surface area contributed by atoms with Crippen molar-refractivity contribution in [3.05, 3.63) is 45.0 Å². The molecule has 5 nitrogen and oxygen atoms in total. The predicted molar refractivity (Wildman–Crippen MR) is 102 cm³/mol. The second-order valence-corrected chi connectivity index (χ2v) is 7.52. The van der Waals surface area contributed by atoms with Gasteiger partial charge in [0, 0.05) is 15.2 Å². The number of imidazole rings is 1. The van der Waals surface area contributed by atoms with Crippen LogP contribution in [-0.4, -0.2) is 26.6 Å². The Morgan fingerprint density at radius 1 is 1.33 bits per heavy atom. The molecule has 124 valence electrons. The van der Waals surface area contributed by atoms with E-state index in [4.69, 9.17) is 11.6 Å². The van der Waals surface area contributed by atoms with Gasteiger partial charge in [0.15, 0.2) is 10.8 Å². The summed E-state index contributed by atoms with van der Waals surface area (Å²) in [7, 11) is 0. The van der Waals surface area contributed by atoms with E-state index in [1.165, 1.54) is 11.8 Å². The van der Waals surface area contributed by atoms with E-state index < -0.39 is 0 Å². The first-order valence-corrected chi connectivity index (χ1v) is 9.29. The number of fused-ring (bicyclic) bond motifs is 1. The number of hydrogen-bond acceptors (Lipinski definition) is 4. The lowest BCUT2D eigenvalue weighted by atomic mass is 10.2. The molecule has 1 amide bonds. The molecule has 0 aliphatic rings. The zero-order valence-electron chi connectivity index (χ0n) is 13.0. The van der Waals surface area contributed by atoms with Gasteiger partial charge in [-0.25, -0.2) is 9.97 Å². The van der Waals surface area contributed by atoms with Gasteiger partial charge in [-0.15, -0.1) is 0 Å². The number of H-pyrrole nitrogens is 1. The van der Waals surface area contributed by atoms with Crippen molar-refractivity contribution in [2.45, 2.75) is 19.0 Å². The Labute approximate surface area is 156 Å². The number of carbonyl (C=O) groups excluding carboxylic acids is 1. The van der Waals surface area contributed by atoms with Crippen LogP contribution >= 0.6 is 39.3 Å². The highest BCUT2D eigenvalue weighted by atomic mass is 79.9. The molecule has 3 aromatic rings. The molecule has 0 unspecified atom stereocenters. The minimum atomic E-state index is -0.101. The number of anilines is 1. The molecule has 0 aliphatic heterocycles. The smallest absolute Gasteiger partial charge is 0.234 e. The van der Waals surface area contributed by atoms with E-state index in [-0.39, 0.29) is 11.7 Å². The SMILES string of the molecule is Cc1cc(Cl)ccc1NC(=O)CSc1nc2nc(C)c(Br)cc2[nH]1.